The summed E-state index contributed by atoms with van der Waals surface area (Å²) >= 11 is 0. The first kappa shape index (κ1) is 21.7. The Labute approximate surface area is 164 Å². The second-order valence-electron chi connectivity index (χ2n) is 5.92. The van der Waals surface area contributed by atoms with Crippen molar-refractivity contribution in [1.29, 1.82) is 0 Å². The Morgan fingerprint density at radius 1 is 1.44 bits per heavy atom. The van der Waals surface area contributed by atoms with Crippen molar-refractivity contribution in [3.05, 3.63) is 23.8 Å². The van der Waals surface area contributed by atoms with Crippen LogP contribution in [0, 0.1) is 5.92 Å². The molecule has 1 aromatic rings. The van der Waals surface area contributed by atoms with Gasteiger partial charge in [-0.05, 0) is 31.7 Å². The highest BCUT2D eigenvalue weighted by Crippen LogP contribution is 2.33. The maximum atomic E-state index is 12.7. The molecule has 1 aliphatic rings. The number of nitrogens with two attached hydrogens (primary N) is 1. The third-order valence-electron chi connectivity index (χ3n) is 3.96. The van der Waals surface area contributed by atoms with E-state index in [1.807, 2.05) is 4.90 Å². The van der Waals surface area contributed by atoms with Crippen LogP contribution >= 0.6 is 24.0 Å². The molecule has 0 aromatic heterocycles. The Hall–Kier alpha value is -1.32. The lowest BCUT2D eigenvalue weighted by atomic mass is 10.0. The zero-order valence-electron chi connectivity index (χ0n) is 14.6. The lowest BCUT2D eigenvalue weighted by molar-refractivity contribution is -0.0520. The van der Waals surface area contributed by atoms with Crippen LogP contribution in [0.2, 0.25) is 0 Å². The lowest BCUT2D eigenvalue weighted by Crippen LogP contribution is -2.43. The standard InChI is InChI=1S/C17H25F2N3O2.HI/c1-3-23-14-8-4-7-13(15(14)24-16(18)19)10-21-17(20)22-9-5-6-12(2)11-22;/h4,7-8,12,16H,3,5-6,9-11H2,1-2H3,(H2,20,21);1H. The van der Waals surface area contributed by atoms with E-state index >= 15 is 0 Å². The molecule has 5 nitrogen and oxygen atoms in total. The van der Waals surface area contributed by atoms with Gasteiger partial charge in [0.15, 0.2) is 17.5 Å². The normalized spacial score (nSPS) is 18.0. The zero-order valence-corrected chi connectivity index (χ0v) is 16.9. The van der Waals surface area contributed by atoms with Gasteiger partial charge in [-0.3, -0.25) is 0 Å². The summed E-state index contributed by atoms with van der Waals surface area (Å²) in [6, 6.07) is 5.02. The van der Waals surface area contributed by atoms with Crippen molar-refractivity contribution >= 4 is 29.9 Å². The first-order valence-corrected chi connectivity index (χ1v) is 8.25. The average molecular weight is 469 g/mol. The predicted octanol–water partition coefficient (Wildman–Crippen LogP) is 3.85. The second-order valence-corrected chi connectivity index (χ2v) is 5.92. The van der Waals surface area contributed by atoms with Gasteiger partial charge in [-0.15, -0.1) is 24.0 Å². The number of rotatable bonds is 6. The molecule has 142 valence electrons. The summed E-state index contributed by atoms with van der Waals surface area (Å²) in [7, 11) is 0. The van der Waals surface area contributed by atoms with Crippen LogP contribution in [0.1, 0.15) is 32.3 Å². The van der Waals surface area contributed by atoms with Crippen LogP contribution in [0.5, 0.6) is 11.5 Å². The predicted molar refractivity (Wildman–Crippen MR) is 105 cm³/mol. The highest BCUT2D eigenvalue weighted by atomic mass is 127. The number of alkyl halides is 2. The smallest absolute Gasteiger partial charge is 0.387 e. The molecule has 2 rings (SSSR count). The minimum atomic E-state index is -2.92. The number of piperidine rings is 1. The lowest BCUT2D eigenvalue weighted by Gasteiger charge is -2.31. The maximum Gasteiger partial charge on any atom is 0.387 e. The van der Waals surface area contributed by atoms with Crippen molar-refractivity contribution < 1.29 is 18.3 Å². The van der Waals surface area contributed by atoms with Crippen LogP contribution in [-0.2, 0) is 6.54 Å². The molecule has 2 N–H and O–H groups in total. The van der Waals surface area contributed by atoms with Gasteiger partial charge in [-0.1, -0.05) is 19.1 Å². The van der Waals surface area contributed by atoms with Crippen molar-refractivity contribution in [3.63, 3.8) is 0 Å². The van der Waals surface area contributed by atoms with Crippen molar-refractivity contribution in [1.82, 2.24) is 4.90 Å². The molecule has 0 aliphatic carbocycles. The third-order valence-corrected chi connectivity index (χ3v) is 3.96. The van der Waals surface area contributed by atoms with Crippen LogP contribution in [0.3, 0.4) is 0 Å². The van der Waals surface area contributed by atoms with Gasteiger partial charge in [0, 0.05) is 18.7 Å². The fourth-order valence-corrected chi connectivity index (χ4v) is 2.84. The fourth-order valence-electron chi connectivity index (χ4n) is 2.84. The number of likely N-dealkylation sites (tertiary alicyclic amines) is 1. The van der Waals surface area contributed by atoms with E-state index in [1.54, 1.807) is 25.1 Å². The molecule has 1 aromatic carbocycles. The molecule has 0 radical (unpaired) electrons. The Bertz CT molecular complexity index is 573. The second kappa shape index (κ2) is 10.6. The molecule has 0 spiro atoms. The number of para-hydroxylation sites is 1. The molecule has 1 saturated heterocycles. The quantitative estimate of drug-likeness (QED) is 0.391. The van der Waals surface area contributed by atoms with Crippen LogP contribution in [0.25, 0.3) is 0 Å². The molecule has 1 heterocycles. The van der Waals surface area contributed by atoms with E-state index in [0.29, 0.717) is 24.0 Å². The minimum absolute atomic E-state index is 0. The summed E-state index contributed by atoms with van der Waals surface area (Å²) in [6.07, 6.45) is 2.27. The first-order chi connectivity index (χ1) is 11.5. The molecule has 1 fully saturated rings. The number of ether oxygens (including phenoxy) is 2. The summed E-state index contributed by atoms with van der Waals surface area (Å²) in [5.74, 6) is 1.33. The first-order valence-electron chi connectivity index (χ1n) is 8.25. The van der Waals surface area contributed by atoms with Crippen molar-refractivity contribution in [2.45, 2.75) is 39.8 Å². The van der Waals surface area contributed by atoms with E-state index in [2.05, 4.69) is 16.7 Å². The van der Waals surface area contributed by atoms with E-state index < -0.39 is 6.61 Å². The molecule has 25 heavy (non-hydrogen) atoms. The number of benzene rings is 1. The van der Waals surface area contributed by atoms with E-state index in [0.717, 1.165) is 19.5 Å². The maximum absolute atomic E-state index is 12.7. The molecular weight excluding hydrogens is 443 g/mol. The molecule has 0 saturated carbocycles. The number of hydrogen-bond donors (Lipinski definition) is 1. The van der Waals surface area contributed by atoms with Crippen molar-refractivity contribution in [3.8, 4) is 11.5 Å². The number of aliphatic imine (C=N–C) groups is 1. The summed E-state index contributed by atoms with van der Waals surface area (Å²) in [5, 5.41) is 0. The van der Waals surface area contributed by atoms with Gasteiger partial charge in [0.25, 0.3) is 0 Å². The molecule has 1 unspecified atom stereocenters. The van der Waals surface area contributed by atoms with Gasteiger partial charge in [0.05, 0.1) is 13.2 Å². The Kier molecular flexibility index (Phi) is 9.23. The van der Waals surface area contributed by atoms with Gasteiger partial charge in [-0.25, -0.2) is 4.99 Å². The Balaban J connectivity index is 0.00000312. The number of halogens is 3. The summed E-state index contributed by atoms with van der Waals surface area (Å²) in [6.45, 7) is 3.31. The highest BCUT2D eigenvalue weighted by molar-refractivity contribution is 14.0. The molecule has 8 heteroatoms. The van der Waals surface area contributed by atoms with Gasteiger partial charge in [0.1, 0.15) is 0 Å². The fraction of sp³-hybridized carbons (Fsp3) is 0.588. The molecule has 0 bridgehead atoms. The topological polar surface area (TPSA) is 60.1 Å². The average Bonchev–Trinajstić information content (AvgIpc) is 2.54. The van der Waals surface area contributed by atoms with Crippen LogP contribution < -0.4 is 15.2 Å². The molecule has 1 atom stereocenters. The highest BCUT2D eigenvalue weighted by Gasteiger charge is 2.19. The van der Waals surface area contributed by atoms with E-state index in [4.69, 9.17) is 10.5 Å². The van der Waals surface area contributed by atoms with Crippen LogP contribution in [0.4, 0.5) is 8.78 Å². The zero-order chi connectivity index (χ0) is 17.5. The van der Waals surface area contributed by atoms with Crippen LogP contribution in [0.15, 0.2) is 23.2 Å². The largest absolute Gasteiger partial charge is 0.490 e. The molecule has 1 aliphatic heterocycles. The SMILES string of the molecule is CCOc1cccc(CN=C(N)N2CCCC(C)C2)c1OC(F)F.I. The minimum Gasteiger partial charge on any atom is -0.490 e. The number of guanidine groups is 1. The number of hydrogen-bond acceptors (Lipinski definition) is 3. The van der Waals surface area contributed by atoms with Gasteiger partial charge >= 0.3 is 6.61 Å². The summed E-state index contributed by atoms with van der Waals surface area (Å²) in [5.41, 5.74) is 6.58. The van der Waals surface area contributed by atoms with Crippen LogP contribution in [-0.4, -0.2) is 37.2 Å². The summed E-state index contributed by atoms with van der Waals surface area (Å²) < 4.78 is 35.4. The van der Waals surface area contributed by atoms with Crippen molar-refractivity contribution in [2.75, 3.05) is 19.7 Å². The molecular formula is C17H26F2IN3O2. The Morgan fingerprint density at radius 3 is 2.84 bits per heavy atom. The molecule has 0 amide bonds. The van der Waals surface area contributed by atoms with E-state index in [1.165, 1.54) is 6.42 Å². The summed E-state index contributed by atoms with van der Waals surface area (Å²) in [4.78, 5) is 6.40. The Morgan fingerprint density at radius 2 is 2.20 bits per heavy atom. The van der Waals surface area contributed by atoms with E-state index in [9.17, 15) is 8.78 Å². The van der Waals surface area contributed by atoms with Gasteiger partial charge in [-0.2, -0.15) is 8.78 Å². The van der Waals surface area contributed by atoms with Gasteiger partial charge < -0.3 is 20.1 Å². The van der Waals surface area contributed by atoms with Gasteiger partial charge in [0.2, 0.25) is 0 Å². The monoisotopic (exact) mass is 469 g/mol. The van der Waals surface area contributed by atoms with Crippen molar-refractivity contribution in [2.24, 2.45) is 16.6 Å². The third kappa shape index (κ3) is 6.48. The number of nitrogens with zero attached hydrogens (tertiary/aromatic N) is 2. The van der Waals surface area contributed by atoms with E-state index in [-0.39, 0.29) is 42.0 Å².